The number of halogens is 1. The molecule has 33 heavy (non-hydrogen) atoms. The van der Waals surface area contributed by atoms with Gasteiger partial charge in [0.05, 0.1) is 4.90 Å². The number of amides is 2. The average Bonchev–Trinajstić information content (AvgIpc) is 2.84. The first kappa shape index (κ1) is 25.0. The summed E-state index contributed by atoms with van der Waals surface area (Å²) in [6.45, 7) is 5.18. The minimum Gasteiger partial charge on any atom is -0.352 e. The maximum absolute atomic E-state index is 13.0. The molecule has 0 bridgehead atoms. The summed E-state index contributed by atoms with van der Waals surface area (Å²) < 4.78 is 27.4. The molecule has 176 valence electrons. The molecule has 9 heteroatoms. The Kier molecular flexibility index (Phi) is 8.66. The van der Waals surface area contributed by atoms with Gasteiger partial charge in [0.25, 0.3) is 5.91 Å². The second-order valence-electron chi connectivity index (χ2n) is 7.95. The van der Waals surface area contributed by atoms with E-state index in [4.69, 9.17) is 11.6 Å². The van der Waals surface area contributed by atoms with E-state index in [1.807, 2.05) is 12.1 Å². The highest BCUT2D eigenvalue weighted by molar-refractivity contribution is 7.89. The van der Waals surface area contributed by atoms with Crippen LogP contribution in [0.5, 0.6) is 0 Å². The number of rotatable bonds is 9. The van der Waals surface area contributed by atoms with Gasteiger partial charge in [-0.15, -0.1) is 0 Å². The molecule has 0 saturated carbocycles. The van der Waals surface area contributed by atoms with Crippen molar-refractivity contribution in [3.63, 3.8) is 0 Å². The van der Waals surface area contributed by atoms with Crippen molar-refractivity contribution in [2.45, 2.75) is 24.2 Å². The Morgan fingerprint density at radius 3 is 2.27 bits per heavy atom. The van der Waals surface area contributed by atoms with E-state index in [-0.39, 0.29) is 22.6 Å². The number of nitrogens with one attached hydrogen (secondary N) is 2. The second kappa shape index (κ2) is 11.4. The molecular weight excluding hydrogens is 462 g/mol. The Hall–Kier alpha value is -2.68. The number of carbonyl (C=O) groups is 2. The van der Waals surface area contributed by atoms with Crippen molar-refractivity contribution >= 4 is 33.4 Å². The summed E-state index contributed by atoms with van der Waals surface area (Å²) >= 11 is 5.87. The molecule has 2 N–H and O–H groups in total. The van der Waals surface area contributed by atoms with Gasteiger partial charge in [-0.2, -0.15) is 4.31 Å². The fraction of sp³-hybridized carbons (Fsp3) is 0.333. The van der Waals surface area contributed by atoms with Crippen molar-refractivity contribution in [2.75, 3.05) is 26.2 Å². The van der Waals surface area contributed by atoms with Crippen molar-refractivity contribution in [3.8, 4) is 0 Å². The van der Waals surface area contributed by atoms with Gasteiger partial charge in [-0.3, -0.25) is 9.59 Å². The first-order chi connectivity index (χ1) is 15.8. The SMILES string of the molecule is C=CC(=O)NCC1CCN(S(=O)(=O)c2ccc(C(=O)NCCc3ccc(Cl)cc3)cc2)CC1. The summed E-state index contributed by atoms with van der Waals surface area (Å²) in [5.74, 6) is -0.242. The van der Waals surface area contributed by atoms with Crippen LogP contribution in [0, 0.1) is 5.92 Å². The van der Waals surface area contributed by atoms with E-state index in [2.05, 4.69) is 17.2 Å². The summed E-state index contributed by atoms with van der Waals surface area (Å²) in [5, 5.41) is 6.27. The Morgan fingerprint density at radius 2 is 1.67 bits per heavy atom. The zero-order valence-electron chi connectivity index (χ0n) is 18.3. The molecule has 1 aliphatic heterocycles. The summed E-state index contributed by atoms with van der Waals surface area (Å²) in [6, 6.07) is 13.4. The van der Waals surface area contributed by atoms with E-state index in [9.17, 15) is 18.0 Å². The molecule has 0 spiro atoms. The monoisotopic (exact) mass is 489 g/mol. The molecule has 0 unspecified atom stereocenters. The molecule has 7 nitrogen and oxygen atoms in total. The molecule has 0 atom stereocenters. The van der Waals surface area contributed by atoms with E-state index in [1.54, 1.807) is 12.1 Å². The van der Waals surface area contributed by atoms with Crippen molar-refractivity contribution in [1.82, 2.24) is 14.9 Å². The van der Waals surface area contributed by atoms with Gasteiger partial charge in [0.1, 0.15) is 0 Å². The van der Waals surface area contributed by atoms with Crippen LogP contribution in [0.1, 0.15) is 28.8 Å². The number of carbonyl (C=O) groups excluding carboxylic acids is 2. The molecule has 2 aromatic rings. The number of piperidine rings is 1. The fourth-order valence-electron chi connectivity index (χ4n) is 3.67. The van der Waals surface area contributed by atoms with Gasteiger partial charge in [0.2, 0.25) is 15.9 Å². The second-order valence-corrected chi connectivity index (χ2v) is 10.3. The molecule has 2 aromatic carbocycles. The average molecular weight is 490 g/mol. The quantitative estimate of drug-likeness (QED) is 0.529. The predicted octanol–water partition coefficient (Wildman–Crippen LogP) is 3.02. The summed E-state index contributed by atoms with van der Waals surface area (Å²) in [7, 11) is -3.63. The first-order valence-corrected chi connectivity index (χ1v) is 12.6. The third kappa shape index (κ3) is 6.90. The number of benzene rings is 2. The van der Waals surface area contributed by atoms with Gasteiger partial charge in [-0.1, -0.05) is 30.3 Å². The molecule has 1 saturated heterocycles. The minimum absolute atomic E-state index is 0.165. The Balaban J connectivity index is 1.51. The molecular formula is C24H28ClN3O4S. The Bertz CT molecular complexity index is 1080. The highest BCUT2D eigenvalue weighted by Gasteiger charge is 2.29. The van der Waals surface area contributed by atoms with Gasteiger partial charge in [0, 0.05) is 36.8 Å². The lowest BCUT2D eigenvalue weighted by Crippen LogP contribution is -2.41. The predicted molar refractivity (Wildman–Crippen MR) is 129 cm³/mol. The first-order valence-electron chi connectivity index (χ1n) is 10.8. The summed E-state index contributed by atoms with van der Waals surface area (Å²) in [4.78, 5) is 23.9. The van der Waals surface area contributed by atoms with Crippen LogP contribution in [0.2, 0.25) is 5.02 Å². The van der Waals surface area contributed by atoms with Gasteiger partial charge in [-0.25, -0.2) is 8.42 Å². The third-order valence-electron chi connectivity index (χ3n) is 5.69. The number of hydrogen-bond donors (Lipinski definition) is 2. The lowest BCUT2D eigenvalue weighted by Gasteiger charge is -2.31. The highest BCUT2D eigenvalue weighted by Crippen LogP contribution is 2.24. The molecule has 1 heterocycles. The normalized spacial score (nSPS) is 15.1. The minimum atomic E-state index is -3.63. The Labute approximate surface area is 199 Å². The van der Waals surface area contributed by atoms with E-state index in [1.165, 1.54) is 34.6 Å². The largest absolute Gasteiger partial charge is 0.352 e. The zero-order chi connectivity index (χ0) is 23.8. The van der Waals surface area contributed by atoms with Gasteiger partial charge in [0.15, 0.2) is 0 Å². The molecule has 0 radical (unpaired) electrons. The number of sulfonamides is 1. The lowest BCUT2D eigenvalue weighted by molar-refractivity contribution is -0.116. The van der Waals surface area contributed by atoms with E-state index < -0.39 is 10.0 Å². The molecule has 1 aliphatic rings. The van der Waals surface area contributed by atoms with Crippen LogP contribution in [0.4, 0.5) is 0 Å². The van der Waals surface area contributed by atoms with Crippen LogP contribution >= 0.6 is 11.6 Å². The maximum Gasteiger partial charge on any atom is 0.251 e. The molecule has 2 amide bonds. The molecule has 0 aliphatic carbocycles. The molecule has 0 aromatic heterocycles. The van der Waals surface area contributed by atoms with Crippen LogP contribution < -0.4 is 10.6 Å². The van der Waals surface area contributed by atoms with E-state index >= 15 is 0 Å². The van der Waals surface area contributed by atoms with E-state index in [0.29, 0.717) is 56.0 Å². The van der Waals surface area contributed by atoms with Crippen LogP contribution in [-0.2, 0) is 21.2 Å². The van der Waals surface area contributed by atoms with Crippen molar-refractivity contribution in [3.05, 3.63) is 77.3 Å². The lowest BCUT2D eigenvalue weighted by atomic mass is 9.98. The highest BCUT2D eigenvalue weighted by atomic mass is 35.5. The van der Waals surface area contributed by atoms with Crippen LogP contribution in [-0.4, -0.2) is 50.7 Å². The Morgan fingerprint density at radius 1 is 1.03 bits per heavy atom. The van der Waals surface area contributed by atoms with Crippen molar-refractivity contribution in [2.24, 2.45) is 5.92 Å². The molecule has 1 fully saturated rings. The van der Waals surface area contributed by atoms with Crippen LogP contribution in [0.25, 0.3) is 0 Å². The molecule has 3 rings (SSSR count). The summed E-state index contributed by atoms with van der Waals surface area (Å²) in [5.41, 5.74) is 1.47. The van der Waals surface area contributed by atoms with Gasteiger partial charge < -0.3 is 10.6 Å². The third-order valence-corrected chi connectivity index (χ3v) is 7.86. The van der Waals surface area contributed by atoms with Gasteiger partial charge in [-0.05, 0) is 73.2 Å². The summed E-state index contributed by atoms with van der Waals surface area (Å²) in [6.07, 6.45) is 3.24. The number of nitrogens with zero attached hydrogens (tertiary/aromatic N) is 1. The van der Waals surface area contributed by atoms with Crippen LogP contribution in [0.3, 0.4) is 0 Å². The number of hydrogen-bond acceptors (Lipinski definition) is 4. The topological polar surface area (TPSA) is 95.6 Å². The maximum atomic E-state index is 13.0. The van der Waals surface area contributed by atoms with E-state index in [0.717, 1.165) is 5.56 Å². The van der Waals surface area contributed by atoms with Crippen molar-refractivity contribution < 1.29 is 18.0 Å². The smallest absolute Gasteiger partial charge is 0.251 e. The zero-order valence-corrected chi connectivity index (χ0v) is 19.9. The fourth-order valence-corrected chi connectivity index (χ4v) is 5.27. The van der Waals surface area contributed by atoms with Crippen LogP contribution in [0.15, 0.2) is 66.1 Å². The standard InChI is InChI=1S/C24H28ClN3O4S/c1-2-23(29)27-17-19-12-15-28(16-13-19)33(31,32)22-9-5-20(6-10-22)24(30)26-14-11-18-3-7-21(25)8-4-18/h2-10,19H,1,11-17H2,(H,26,30)(H,27,29). The van der Waals surface area contributed by atoms with Gasteiger partial charge >= 0.3 is 0 Å². The van der Waals surface area contributed by atoms with Crippen molar-refractivity contribution in [1.29, 1.82) is 0 Å².